The number of aliphatic hydroxyl groups excluding tert-OH is 1. The van der Waals surface area contributed by atoms with E-state index in [-0.39, 0.29) is 35.3 Å². The van der Waals surface area contributed by atoms with Crippen molar-refractivity contribution in [1.82, 2.24) is 0 Å². The van der Waals surface area contributed by atoms with Gasteiger partial charge in [-0.3, -0.25) is 0 Å². The van der Waals surface area contributed by atoms with Crippen molar-refractivity contribution in [2.45, 2.75) is 38.5 Å². The molecule has 0 bridgehead atoms. The topological polar surface area (TPSA) is 55.8 Å². The molecule has 0 aliphatic heterocycles. The summed E-state index contributed by atoms with van der Waals surface area (Å²) in [5.74, 6) is -3.05. The first kappa shape index (κ1) is 24.8. The highest BCUT2D eigenvalue weighted by atomic mass is 19.2. The van der Waals surface area contributed by atoms with Crippen LogP contribution >= 0.6 is 0 Å². The summed E-state index contributed by atoms with van der Waals surface area (Å²) in [6.45, 7) is 2.28. The Kier molecular flexibility index (Phi) is 7.76. The van der Waals surface area contributed by atoms with Gasteiger partial charge < -0.3 is 14.6 Å². The predicted molar refractivity (Wildman–Crippen MR) is 126 cm³/mol. The Hall–Kier alpha value is -3.32. The van der Waals surface area contributed by atoms with Crippen LogP contribution in [0.15, 0.2) is 54.6 Å². The molecule has 1 N–H and O–H groups in total. The Labute approximate surface area is 202 Å². The first-order chi connectivity index (χ1) is 16.9. The average molecular weight is 485 g/mol. The van der Waals surface area contributed by atoms with Crippen LogP contribution in [0.1, 0.15) is 54.4 Å². The largest absolute Gasteiger partial charge is 0.494 e. The minimum absolute atomic E-state index is 0.0681. The van der Waals surface area contributed by atoms with Gasteiger partial charge in [-0.05, 0) is 79.8 Å². The summed E-state index contributed by atoms with van der Waals surface area (Å²) in [5.41, 5.74) is 0.994. The van der Waals surface area contributed by atoms with E-state index < -0.39 is 23.4 Å². The molecule has 0 spiro atoms. The summed E-state index contributed by atoms with van der Waals surface area (Å²) in [5, 5.41) is 9.29. The van der Waals surface area contributed by atoms with Crippen molar-refractivity contribution in [2.75, 3.05) is 13.2 Å². The van der Waals surface area contributed by atoms with Crippen LogP contribution in [0, 0.1) is 23.4 Å². The fourth-order valence-corrected chi connectivity index (χ4v) is 4.52. The SMILES string of the molecule is CCOc1ccc(OC(=O)c2ccc(-c3ccc(C4CCC(CO)CC4)c(F)c3F)cc2)c(F)c1. The van der Waals surface area contributed by atoms with Crippen molar-refractivity contribution in [1.29, 1.82) is 0 Å². The van der Waals surface area contributed by atoms with Crippen molar-refractivity contribution in [2.24, 2.45) is 5.92 Å². The zero-order valence-electron chi connectivity index (χ0n) is 19.4. The quantitative estimate of drug-likeness (QED) is 0.301. The average Bonchev–Trinajstić information content (AvgIpc) is 2.87. The minimum atomic E-state index is -0.932. The maximum Gasteiger partial charge on any atom is 0.343 e. The Morgan fingerprint density at radius 2 is 1.66 bits per heavy atom. The molecular formula is C28H27F3O4. The number of carbonyl (C=O) groups is 1. The van der Waals surface area contributed by atoms with Gasteiger partial charge in [-0.15, -0.1) is 0 Å². The standard InChI is InChI=1S/C28H27F3O4/c1-2-34-21-11-14-25(24(29)15-21)35-28(33)20-9-7-19(8-10-20)23-13-12-22(26(30)27(23)31)18-5-3-17(16-32)4-6-18/h7-15,17-18,32H,2-6,16H2,1H3. The number of hydrogen-bond acceptors (Lipinski definition) is 4. The number of aliphatic hydroxyl groups is 1. The third kappa shape index (κ3) is 5.51. The first-order valence-electron chi connectivity index (χ1n) is 11.7. The number of halogens is 3. The molecule has 0 unspecified atom stereocenters. The molecule has 0 saturated heterocycles. The Bertz CT molecular complexity index is 1190. The number of hydrogen-bond donors (Lipinski definition) is 1. The van der Waals surface area contributed by atoms with Gasteiger partial charge in [0.1, 0.15) is 5.75 Å². The van der Waals surface area contributed by atoms with E-state index in [9.17, 15) is 23.1 Å². The highest BCUT2D eigenvalue weighted by molar-refractivity contribution is 5.91. The molecule has 3 aromatic carbocycles. The molecule has 0 aromatic heterocycles. The molecule has 1 fully saturated rings. The molecule has 4 nitrogen and oxygen atoms in total. The first-order valence-corrected chi connectivity index (χ1v) is 11.7. The third-order valence-electron chi connectivity index (χ3n) is 6.51. The van der Waals surface area contributed by atoms with E-state index in [0.29, 0.717) is 36.3 Å². The Morgan fingerprint density at radius 3 is 2.29 bits per heavy atom. The van der Waals surface area contributed by atoms with Crippen LogP contribution in [0.4, 0.5) is 13.2 Å². The summed E-state index contributed by atoms with van der Waals surface area (Å²) in [6, 6.07) is 12.9. The van der Waals surface area contributed by atoms with Crippen LogP contribution in [0.25, 0.3) is 11.1 Å². The van der Waals surface area contributed by atoms with Gasteiger partial charge in [0.05, 0.1) is 12.2 Å². The summed E-state index contributed by atoms with van der Waals surface area (Å²) < 4.78 is 54.4. The van der Waals surface area contributed by atoms with E-state index >= 15 is 0 Å². The number of benzene rings is 3. The van der Waals surface area contributed by atoms with Crippen LogP contribution in [-0.4, -0.2) is 24.3 Å². The lowest BCUT2D eigenvalue weighted by Gasteiger charge is -2.28. The molecule has 184 valence electrons. The normalized spacial score (nSPS) is 17.7. The van der Waals surface area contributed by atoms with Gasteiger partial charge in [-0.25, -0.2) is 18.0 Å². The fraction of sp³-hybridized carbons (Fsp3) is 0.321. The summed E-state index contributed by atoms with van der Waals surface area (Å²) >= 11 is 0. The van der Waals surface area contributed by atoms with Crippen LogP contribution in [0.5, 0.6) is 11.5 Å². The molecular weight excluding hydrogens is 457 g/mol. The highest BCUT2D eigenvalue weighted by Gasteiger charge is 2.26. The zero-order chi connectivity index (χ0) is 24.9. The van der Waals surface area contributed by atoms with Gasteiger partial charge in [0, 0.05) is 18.2 Å². The summed E-state index contributed by atoms with van der Waals surface area (Å²) in [7, 11) is 0. The minimum Gasteiger partial charge on any atom is -0.494 e. The van der Waals surface area contributed by atoms with E-state index in [1.807, 2.05) is 0 Å². The molecule has 1 saturated carbocycles. The van der Waals surface area contributed by atoms with Crippen molar-refractivity contribution in [3.8, 4) is 22.6 Å². The van der Waals surface area contributed by atoms with E-state index in [2.05, 4.69) is 0 Å². The predicted octanol–water partition coefficient (Wildman–Crippen LogP) is 6.65. The van der Waals surface area contributed by atoms with Crippen LogP contribution in [-0.2, 0) is 0 Å². The molecule has 1 aliphatic rings. The maximum absolute atomic E-state index is 15.0. The lowest BCUT2D eigenvalue weighted by atomic mass is 9.78. The van der Waals surface area contributed by atoms with Gasteiger partial charge in [0.25, 0.3) is 0 Å². The van der Waals surface area contributed by atoms with Crippen LogP contribution < -0.4 is 9.47 Å². The fourth-order valence-electron chi connectivity index (χ4n) is 4.52. The van der Waals surface area contributed by atoms with Gasteiger partial charge in [0.15, 0.2) is 23.2 Å². The molecule has 35 heavy (non-hydrogen) atoms. The smallest absolute Gasteiger partial charge is 0.343 e. The second-order valence-corrected chi connectivity index (χ2v) is 8.72. The van der Waals surface area contributed by atoms with Gasteiger partial charge in [-0.2, -0.15) is 0 Å². The van der Waals surface area contributed by atoms with E-state index in [0.717, 1.165) is 18.9 Å². The number of carbonyl (C=O) groups excluding carboxylic acids is 1. The van der Waals surface area contributed by atoms with Crippen molar-refractivity contribution in [3.05, 3.63) is 83.2 Å². The lowest BCUT2D eigenvalue weighted by Crippen LogP contribution is -2.17. The van der Waals surface area contributed by atoms with Crippen LogP contribution in [0.3, 0.4) is 0 Å². The van der Waals surface area contributed by atoms with Gasteiger partial charge in [-0.1, -0.05) is 24.3 Å². The molecule has 0 atom stereocenters. The molecule has 0 radical (unpaired) electrons. The number of esters is 1. The number of ether oxygens (including phenoxy) is 2. The second kappa shape index (κ2) is 11.0. The Balaban J connectivity index is 1.47. The molecule has 0 amide bonds. The van der Waals surface area contributed by atoms with E-state index in [4.69, 9.17) is 9.47 Å². The zero-order valence-corrected chi connectivity index (χ0v) is 19.4. The third-order valence-corrected chi connectivity index (χ3v) is 6.51. The van der Waals surface area contributed by atoms with Gasteiger partial charge in [0.2, 0.25) is 0 Å². The number of rotatable bonds is 7. The summed E-state index contributed by atoms with van der Waals surface area (Å²) in [6.07, 6.45) is 3.02. The second-order valence-electron chi connectivity index (χ2n) is 8.72. The lowest BCUT2D eigenvalue weighted by molar-refractivity contribution is 0.0727. The molecule has 0 heterocycles. The monoisotopic (exact) mass is 484 g/mol. The van der Waals surface area contributed by atoms with Crippen LogP contribution in [0.2, 0.25) is 0 Å². The molecule has 1 aliphatic carbocycles. The summed E-state index contributed by atoms with van der Waals surface area (Å²) in [4.78, 5) is 12.4. The molecule has 4 rings (SSSR count). The highest BCUT2D eigenvalue weighted by Crippen LogP contribution is 2.38. The maximum atomic E-state index is 15.0. The van der Waals surface area contributed by atoms with Gasteiger partial charge >= 0.3 is 5.97 Å². The van der Waals surface area contributed by atoms with Crippen molar-refractivity contribution in [3.63, 3.8) is 0 Å². The Morgan fingerprint density at radius 1 is 0.943 bits per heavy atom. The van der Waals surface area contributed by atoms with Crippen molar-refractivity contribution < 1.29 is 32.5 Å². The van der Waals surface area contributed by atoms with Crippen molar-refractivity contribution >= 4 is 5.97 Å². The van der Waals surface area contributed by atoms with E-state index in [1.165, 1.54) is 36.4 Å². The molecule has 7 heteroatoms. The molecule has 3 aromatic rings. The van der Waals surface area contributed by atoms with E-state index in [1.54, 1.807) is 19.1 Å².